The minimum absolute atomic E-state index is 0.0483. The van der Waals surface area contributed by atoms with Crippen LogP contribution in [0.15, 0.2) is 79.0 Å². The zero-order valence-corrected chi connectivity index (χ0v) is 19.9. The summed E-state index contributed by atoms with van der Waals surface area (Å²) < 4.78 is 1.82. The van der Waals surface area contributed by atoms with Gasteiger partial charge >= 0.3 is 0 Å². The molecule has 0 aliphatic carbocycles. The monoisotopic (exact) mass is 478 g/mol. The van der Waals surface area contributed by atoms with Crippen molar-refractivity contribution in [1.82, 2.24) is 29.7 Å². The Morgan fingerprint density at radius 3 is 2.50 bits per heavy atom. The highest BCUT2D eigenvalue weighted by Crippen LogP contribution is 2.26. The zero-order chi connectivity index (χ0) is 24.5. The predicted octanol–water partition coefficient (Wildman–Crippen LogP) is 4.13. The first-order valence-corrected chi connectivity index (χ1v) is 12.0. The fourth-order valence-corrected chi connectivity index (χ4v) is 4.57. The third-order valence-corrected chi connectivity index (χ3v) is 6.42. The number of nitrogens with one attached hydrogen (secondary N) is 2. The molecule has 1 aliphatic heterocycles. The predicted molar refractivity (Wildman–Crippen MR) is 140 cm³/mol. The number of amides is 1. The average molecular weight is 479 g/mol. The van der Waals surface area contributed by atoms with Crippen molar-refractivity contribution in [1.29, 1.82) is 0 Å². The molecule has 9 nitrogen and oxygen atoms in total. The third kappa shape index (κ3) is 4.15. The number of aromatic amines is 1. The van der Waals surface area contributed by atoms with E-state index >= 15 is 0 Å². The lowest BCUT2D eigenvalue weighted by molar-refractivity contribution is 0.0747. The number of carbonyl (C=O) groups is 1. The van der Waals surface area contributed by atoms with Gasteiger partial charge < -0.3 is 15.1 Å². The van der Waals surface area contributed by atoms with Crippen molar-refractivity contribution in [2.24, 2.45) is 0 Å². The fraction of sp³-hybridized carbons (Fsp3) is 0.185. The Hall–Kier alpha value is -4.66. The first-order valence-electron chi connectivity index (χ1n) is 12.0. The van der Waals surface area contributed by atoms with E-state index in [0.29, 0.717) is 43.8 Å². The van der Waals surface area contributed by atoms with Crippen LogP contribution in [0.1, 0.15) is 16.1 Å². The van der Waals surface area contributed by atoms with Crippen LogP contribution in [-0.4, -0.2) is 61.8 Å². The van der Waals surface area contributed by atoms with E-state index in [1.54, 1.807) is 0 Å². The molecule has 0 unspecified atom stereocenters. The van der Waals surface area contributed by atoms with Gasteiger partial charge in [0.05, 0.1) is 0 Å². The van der Waals surface area contributed by atoms with Crippen LogP contribution in [0, 0.1) is 6.92 Å². The van der Waals surface area contributed by atoms with Gasteiger partial charge in [-0.25, -0.2) is 4.52 Å². The van der Waals surface area contributed by atoms with Crippen LogP contribution >= 0.6 is 0 Å². The van der Waals surface area contributed by atoms with Crippen molar-refractivity contribution in [3.63, 3.8) is 0 Å². The van der Waals surface area contributed by atoms with E-state index in [4.69, 9.17) is 10.1 Å². The topological polar surface area (TPSA) is 94.5 Å². The second-order valence-corrected chi connectivity index (χ2v) is 8.85. The van der Waals surface area contributed by atoms with Gasteiger partial charge in [0.1, 0.15) is 5.52 Å². The molecule has 4 heterocycles. The molecular formula is C27H26N8O. The minimum Gasteiger partial charge on any atom is -0.336 e. The van der Waals surface area contributed by atoms with Gasteiger partial charge in [0.15, 0.2) is 11.6 Å². The van der Waals surface area contributed by atoms with Crippen molar-refractivity contribution in [3.05, 3.63) is 90.3 Å². The van der Waals surface area contributed by atoms with Crippen LogP contribution in [0.25, 0.3) is 16.6 Å². The molecule has 36 heavy (non-hydrogen) atoms. The molecule has 1 amide bonds. The highest BCUT2D eigenvalue weighted by molar-refractivity contribution is 6.01. The van der Waals surface area contributed by atoms with Crippen LogP contribution in [0.4, 0.5) is 17.6 Å². The standard InChI is InChI=1S/C27H26N8O/c1-19-18-24(31-30-19)28-25-23-12-7-13-35(23)32-27(29-25)34-16-14-33(15-17-34)26(36)22-11-6-5-10-21(22)20-8-3-2-4-9-20/h2-13,18H,14-17H2,1H3,(H2,28,29,30,31,32). The van der Waals surface area contributed by atoms with Gasteiger partial charge in [-0.3, -0.25) is 9.89 Å². The van der Waals surface area contributed by atoms with Gasteiger partial charge in [0.2, 0.25) is 5.95 Å². The maximum atomic E-state index is 13.5. The van der Waals surface area contributed by atoms with Gasteiger partial charge in [-0.1, -0.05) is 48.5 Å². The van der Waals surface area contributed by atoms with E-state index in [2.05, 4.69) is 20.4 Å². The van der Waals surface area contributed by atoms with E-state index in [9.17, 15) is 4.79 Å². The summed E-state index contributed by atoms with van der Waals surface area (Å²) in [6.07, 6.45) is 1.90. The SMILES string of the molecule is Cc1cc(Nc2nc(N3CCN(C(=O)c4ccccc4-c4ccccc4)CC3)nn3cccc23)n[nH]1. The molecule has 2 aromatic carbocycles. The van der Waals surface area contributed by atoms with Gasteiger partial charge in [-0.15, -0.1) is 5.10 Å². The summed E-state index contributed by atoms with van der Waals surface area (Å²) in [6, 6.07) is 23.7. The van der Waals surface area contributed by atoms with Gasteiger partial charge in [0.25, 0.3) is 5.91 Å². The molecule has 9 heteroatoms. The largest absolute Gasteiger partial charge is 0.336 e. The van der Waals surface area contributed by atoms with E-state index < -0.39 is 0 Å². The van der Waals surface area contributed by atoms with Gasteiger partial charge in [0, 0.05) is 49.7 Å². The molecule has 3 aromatic heterocycles. The van der Waals surface area contributed by atoms with E-state index in [1.165, 1.54) is 0 Å². The maximum absolute atomic E-state index is 13.5. The molecule has 0 radical (unpaired) electrons. The molecule has 1 aliphatic rings. The molecule has 0 bridgehead atoms. The molecule has 180 valence electrons. The van der Waals surface area contributed by atoms with Crippen LogP contribution < -0.4 is 10.2 Å². The number of rotatable bonds is 5. The second kappa shape index (κ2) is 9.18. The number of piperazine rings is 1. The highest BCUT2D eigenvalue weighted by Gasteiger charge is 2.26. The van der Waals surface area contributed by atoms with Crippen LogP contribution in [0.5, 0.6) is 0 Å². The van der Waals surface area contributed by atoms with Crippen LogP contribution in [-0.2, 0) is 0 Å². The molecule has 0 saturated carbocycles. The number of hydrogen-bond donors (Lipinski definition) is 2. The number of aryl methyl sites for hydroxylation is 1. The van der Waals surface area contributed by atoms with Crippen molar-refractivity contribution < 1.29 is 4.79 Å². The smallest absolute Gasteiger partial charge is 0.254 e. The maximum Gasteiger partial charge on any atom is 0.254 e. The molecule has 0 atom stereocenters. The lowest BCUT2D eigenvalue weighted by atomic mass is 9.98. The van der Waals surface area contributed by atoms with Crippen molar-refractivity contribution in [3.8, 4) is 11.1 Å². The average Bonchev–Trinajstić information content (AvgIpc) is 3.57. The number of aromatic nitrogens is 5. The number of H-pyrrole nitrogens is 1. The van der Waals surface area contributed by atoms with Gasteiger partial charge in [-0.05, 0) is 36.2 Å². The van der Waals surface area contributed by atoms with Crippen LogP contribution in [0.2, 0.25) is 0 Å². The summed E-state index contributed by atoms with van der Waals surface area (Å²) in [4.78, 5) is 22.3. The molecule has 2 N–H and O–H groups in total. The Morgan fingerprint density at radius 2 is 1.72 bits per heavy atom. The highest BCUT2D eigenvalue weighted by atomic mass is 16.2. The summed E-state index contributed by atoms with van der Waals surface area (Å²) >= 11 is 0. The second-order valence-electron chi connectivity index (χ2n) is 8.85. The quantitative estimate of drug-likeness (QED) is 0.394. The first-order chi connectivity index (χ1) is 17.7. The summed E-state index contributed by atoms with van der Waals surface area (Å²) in [5.41, 5.74) is 4.55. The lowest BCUT2D eigenvalue weighted by Gasteiger charge is -2.35. The normalized spacial score (nSPS) is 13.8. The van der Waals surface area contributed by atoms with E-state index in [0.717, 1.165) is 27.9 Å². The third-order valence-electron chi connectivity index (χ3n) is 6.42. The molecular weight excluding hydrogens is 452 g/mol. The van der Waals surface area contributed by atoms with E-state index in [1.807, 2.05) is 95.3 Å². The number of anilines is 3. The summed E-state index contributed by atoms with van der Waals surface area (Å²) in [5, 5.41) is 15.2. The molecule has 1 saturated heterocycles. The van der Waals surface area contributed by atoms with Crippen molar-refractivity contribution in [2.75, 3.05) is 36.4 Å². The van der Waals surface area contributed by atoms with E-state index in [-0.39, 0.29) is 5.91 Å². The molecule has 5 aromatic rings. The Morgan fingerprint density at radius 1 is 0.944 bits per heavy atom. The summed E-state index contributed by atoms with van der Waals surface area (Å²) in [5.74, 6) is 2.05. The molecule has 0 spiro atoms. The van der Waals surface area contributed by atoms with Gasteiger partial charge in [-0.2, -0.15) is 10.1 Å². The summed E-state index contributed by atoms with van der Waals surface area (Å²) in [7, 11) is 0. The Kier molecular flexibility index (Phi) is 5.57. The number of benzene rings is 2. The number of hydrogen-bond acceptors (Lipinski definition) is 6. The Balaban J connectivity index is 1.21. The Bertz CT molecular complexity index is 1520. The number of carbonyl (C=O) groups excluding carboxylic acids is 1. The zero-order valence-electron chi connectivity index (χ0n) is 19.9. The molecule has 6 rings (SSSR count). The van der Waals surface area contributed by atoms with Crippen molar-refractivity contribution in [2.45, 2.75) is 6.92 Å². The fourth-order valence-electron chi connectivity index (χ4n) is 4.57. The number of nitrogens with zero attached hydrogens (tertiary/aromatic N) is 6. The lowest BCUT2D eigenvalue weighted by Crippen LogP contribution is -2.49. The Labute approximate surface area is 208 Å². The molecule has 1 fully saturated rings. The van der Waals surface area contributed by atoms with Crippen molar-refractivity contribution >= 4 is 29.0 Å². The number of fused-ring (bicyclic) bond motifs is 1. The van der Waals surface area contributed by atoms with Crippen LogP contribution in [0.3, 0.4) is 0 Å². The minimum atomic E-state index is 0.0483. The summed E-state index contributed by atoms with van der Waals surface area (Å²) in [6.45, 7) is 4.43. The first kappa shape index (κ1) is 21.8.